The number of anilines is 2. The molecule has 0 radical (unpaired) electrons. The average molecular weight is 245 g/mol. The van der Waals surface area contributed by atoms with Gasteiger partial charge in [0.15, 0.2) is 0 Å². The topological polar surface area (TPSA) is 60.2 Å². The molecule has 3 N–H and O–H groups in total. The molecule has 0 aliphatic heterocycles. The normalized spacial score (nSPS) is 12.6. The second-order valence-corrected chi connectivity index (χ2v) is 4.59. The van der Waals surface area contributed by atoms with Crippen LogP contribution in [0.25, 0.3) is 10.9 Å². The SMILES string of the molecule is COCC(C)Nc1cc(C)nc2ccc(N)cc12. The zero-order valence-electron chi connectivity index (χ0n) is 11.0. The summed E-state index contributed by atoms with van der Waals surface area (Å²) in [4.78, 5) is 4.50. The lowest BCUT2D eigenvalue weighted by Gasteiger charge is -2.16. The molecule has 0 saturated heterocycles. The molecule has 1 heterocycles. The van der Waals surface area contributed by atoms with Gasteiger partial charge in [-0.25, -0.2) is 0 Å². The zero-order chi connectivity index (χ0) is 13.1. The number of benzene rings is 1. The number of methoxy groups -OCH3 is 1. The molecule has 2 rings (SSSR count). The van der Waals surface area contributed by atoms with Crippen molar-refractivity contribution in [1.82, 2.24) is 4.98 Å². The largest absolute Gasteiger partial charge is 0.399 e. The minimum Gasteiger partial charge on any atom is -0.399 e. The number of fused-ring (bicyclic) bond motifs is 1. The van der Waals surface area contributed by atoms with Crippen molar-refractivity contribution in [2.24, 2.45) is 0 Å². The lowest BCUT2D eigenvalue weighted by atomic mass is 10.1. The highest BCUT2D eigenvalue weighted by Gasteiger charge is 2.07. The Hall–Kier alpha value is -1.81. The number of nitrogen functional groups attached to an aromatic ring is 1. The van der Waals surface area contributed by atoms with Crippen LogP contribution >= 0.6 is 0 Å². The smallest absolute Gasteiger partial charge is 0.0727 e. The summed E-state index contributed by atoms with van der Waals surface area (Å²) in [5.74, 6) is 0. The first kappa shape index (κ1) is 12.6. The maximum Gasteiger partial charge on any atom is 0.0727 e. The van der Waals surface area contributed by atoms with Gasteiger partial charge >= 0.3 is 0 Å². The van der Waals surface area contributed by atoms with Crippen LogP contribution in [0.15, 0.2) is 24.3 Å². The van der Waals surface area contributed by atoms with Gasteiger partial charge in [0.2, 0.25) is 0 Å². The summed E-state index contributed by atoms with van der Waals surface area (Å²) in [6.07, 6.45) is 0. The maximum absolute atomic E-state index is 5.84. The number of hydrogen-bond acceptors (Lipinski definition) is 4. The third kappa shape index (κ3) is 2.71. The van der Waals surface area contributed by atoms with Gasteiger partial charge in [-0.3, -0.25) is 4.98 Å². The van der Waals surface area contributed by atoms with Crippen molar-refractivity contribution in [1.29, 1.82) is 0 Å². The Morgan fingerprint density at radius 2 is 2.17 bits per heavy atom. The summed E-state index contributed by atoms with van der Waals surface area (Å²) in [5, 5.41) is 4.48. The van der Waals surface area contributed by atoms with E-state index in [0.29, 0.717) is 6.61 Å². The molecule has 4 heteroatoms. The zero-order valence-corrected chi connectivity index (χ0v) is 11.0. The van der Waals surface area contributed by atoms with Crippen LogP contribution < -0.4 is 11.1 Å². The molecule has 0 aliphatic rings. The number of rotatable bonds is 4. The van der Waals surface area contributed by atoms with Gasteiger partial charge in [-0.1, -0.05) is 0 Å². The molecule has 0 spiro atoms. The van der Waals surface area contributed by atoms with Crippen LogP contribution in [-0.4, -0.2) is 24.7 Å². The van der Waals surface area contributed by atoms with E-state index in [0.717, 1.165) is 28.0 Å². The van der Waals surface area contributed by atoms with Crippen LogP contribution in [0.2, 0.25) is 0 Å². The molecule has 0 amide bonds. The molecule has 1 aromatic carbocycles. The lowest BCUT2D eigenvalue weighted by Crippen LogP contribution is -2.21. The Kier molecular flexibility index (Phi) is 3.67. The predicted octanol–water partition coefficient (Wildman–Crippen LogP) is 2.57. The highest BCUT2D eigenvalue weighted by atomic mass is 16.5. The van der Waals surface area contributed by atoms with E-state index >= 15 is 0 Å². The molecule has 0 aliphatic carbocycles. The molecular formula is C14H19N3O. The second kappa shape index (κ2) is 5.23. The van der Waals surface area contributed by atoms with Gasteiger partial charge < -0.3 is 15.8 Å². The fraction of sp³-hybridized carbons (Fsp3) is 0.357. The van der Waals surface area contributed by atoms with Crippen molar-refractivity contribution in [3.63, 3.8) is 0 Å². The van der Waals surface area contributed by atoms with E-state index in [2.05, 4.69) is 17.2 Å². The van der Waals surface area contributed by atoms with Crippen LogP contribution in [-0.2, 0) is 4.74 Å². The number of hydrogen-bond donors (Lipinski definition) is 2. The van der Waals surface area contributed by atoms with E-state index < -0.39 is 0 Å². The number of pyridine rings is 1. The van der Waals surface area contributed by atoms with Crippen LogP contribution in [0.1, 0.15) is 12.6 Å². The average Bonchev–Trinajstić information content (AvgIpc) is 2.30. The minimum atomic E-state index is 0.237. The Bertz CT molecular complexity index is 554. The van der Waals surface area contributed by atoms with E-state index in [1.165, 1.54) is 0 Å². The standard InChI is InChI=1S/C14H19N3O/c1-9-6-14(17-10(2)8-18-3)12-7-11(15)4-5-13(12)16-9/h4-7,10H,8,15H2,1-3H3,(H,16,17). The van der Waals surface area contributed by atoms with Crippen LogP contribution in [0.5, 0.6) is 0 Å². The molecule has 1 unspecified atom stereocenters. The summed E-state index contributed by atoms with van der Waals surface area (Å²) in [5.41, 5.74) is 9.58. The molecule has 1 aromatic heterocycles. The molecular weight excluding hydrogens is 226 g/mol. The Balaban J connectivity index is 2.44. The molecule has 0 bridgehead atoms. The maximum atomic E-state index is 5.84. The molecule has 0 saturated carbocycles. The van der Waals surface area contributed by atoms with Gasteiger partial charge in [-0.05, 0) is 38.1 Å². The van der Waals surface area contributed by atoms with Gasteiger partial charge in [-0.2, -0.15) is 0 Å². The summed E-state index contributed by atoms with van der Waals surface area (Å²) in [7, 11) is 1.70. The lowest BCUT2D eigenvalue weighted by molar-refractivity contribution is 0.190. The number of ether oxygens (including phenoxy) is 1. The molecule has 0 fully saturated rings. The van der Waals surface area contributed by atoms with Crippen molar-refractivity contribution in [3.05, 3.63) is 30.0 Å². The number of nitrogens with one attached hydrogen (secondary N) is 1. The summed E-state index contributed by atoms with van der Waals surface area (Å²) in [6.45, 7) is 4.73. The van der Waals surface area contributed by atoms with E-state index in [-0.39, 0.29) is 6.04 Å². The van der Waals surface area contributed by atoms with Crippen molar-refractivity contribution < 1.29 is 4.74 Å². The highest BCUT2D eigenvalue weighted by Crippen LogP contribution is 2.25. The molecule has 96 valence electrons. The van der Waals surface area contributed by atoms with E-state index in [1.807, 2.05) is 31.2 Å². The first-order valence-electron chi connectivity index (χ1n) is 6.02. The van der Waals surface area contributed by atoms with Crippen molar-refractivity contribution in [3.8, 4) is 0 Å². The fourth-order valence-corrected chi connectivity index (χ4v) is 2.05. The number of nitrogens with zero attached hydrogens (tertiary/aromatic N) is 1. The van der Waals surface area contributed by atoms with Gasteiger partial charge in [0.05, 0.1) is 12.1 Å². The third-order valence-corrected chi connectivity index (χ3v) is 2.78. The quantitative estimate of drug-likeness (QED) is 0.813. The van der Waals surface area contributed by atoms with Crippen molar-refractivity contribution in [2.45, 2.75) is 19.9 Å². The van der Waals surface area contributed by atoms with Gasteiger partial charge in [0, 0.05) is 35.6 Å². The van der Waals surface area contributed by atoms with Gasteiger partial charge in [0.25, 0.3) is 0 Å². The van der Waals surface area contributed by atoms with Crippen LogP contribution in [0.3, 0.4) is 0 Å². The Morgan fingerprint density at radius 1 is 1.39 bits per heavy atom. The van der Waals surface area contributed by atoms with E-state index in [4.69, 9.17) is 10.5 Å². The van der Waals surface area contributed by atoms with Crippen LogP contribution in [0, 0.1) is 6.92 Å². The van der Waals surface area contributed by atoms with E-state index in [1.54, 1.807) is 7.11 Å². The monoisotopic (exact) mass is 245 g/mol. The van der Waals surface area contributed by atoms with Crippen molar-refractivity contribution in [2.75, 3.05) is 24.8 Å². The second-order valence-electron chi connectivity index (χ2n) is 4.59. The first-order valence-corrected chi connectivity index (χ1v) is 6.02. The number of aromatic nitrogens is 1. The Morgan fingerprint density at radius 3 is 2.89 bits per heavy atom. The summed E-state index contributed by atoms with van der Waals surface area (Å²) < 4.78 is 5.14. The summed E-state index contributed by atoms with van der Waals surface area (Å²) in [6, 6.07) is 8.04. The number of aryl methyl sites for hydroxylation is 1. The fourth-order valence-electron chi connectivity index (χ4n) is 2.05. The first-order chi connectivity index (χ1) is 8.60. The van der Waals surface area contributed by atoms with Crippen molar-refractivity contribution >= 4 is 22.3 Å². The molecule has 4 nitrogen and oxygen atoms in total. The van der Waals surface area contributed by atoms with E-state index in [9.17, 15) is 0 Å². The highest BCUT2D eigenvalue weighted by molar-refractivity contribution is 5.93. The van der Waals surface area contributed by atoms with Crippen LogP contribution in [0.4, 0.5) is 11.4 Å². The molecule has 2 aromatic rings. The van der Waals surface area contributed by atoms with Gasteiger partial charge in [-0.15, -0.1) is 0 Å². The van der Waals surface area contributed by atoms with Gasteiger partial charge in [0.1, 0.15) is 0 Å². The number of nitrogens with two attached hydrogens (primary N) is 1. The summed E-state index contributed by atoms with van der Waals surface area (Å²) >= 11 is 0. The third-order valence-electron chi connectivity index (χ3n) is 2.78. The predicted molar refractivity (Wildman–Crippen MR) is 75.9 cm³/mol. The minimum absolute atomic E-state index is 0.237. The molecule has 18 heavy (non-hydrogen) atoms. The Labute approximate surface area is 107 Å². The molecule has 1 atom stereocenters.